The topological polar surface area (TPSA) is 30.3 Å². The van der Waals surface area contributed by atoms with E-state index < -0.39 is 0 Å². The second-order valence-electron chi connectivity index (χ2n) is 5.84. The maximum atomic E-state index is 13.0. The molecule has 0 amide bonds. The fourth-order valence-electron chi connectivity index (χ4n) is 3.17. The van der Waals surface area contributed by atoms with Gasteiger partial charge in [0.2, 0.25) is 0 Å². The van der Waals surface area contributed by atoms with Crippen molar-refractivity contribution in [3.8, 4) is 0 Å². The largest absolute Gasteiger partial charge is 0.381 e. The lowest BCUT2D eigenvalue weighted by Crippen LogP contribution is -2.36. The zero-order valence-corrected chi connectivity index (χ0v) is 13.1. The smallest absolute Gasteiger partial charge is 0.123 e. The van der Waals surface area contributed by atoms with Crippen LogP contribution in [0.15, 0.2) is 30.6 Å². The number of aryl methyl sites for hydroxylation is 1. The van der Waals surface area contributed by atoms with Gasteiger partial charge in [-0.15, -0.1) is 0 Å². The lowest BCUT2D eigenvalue weighted by molar-refractivity contribution is 0.102. The van der Waals surface area contributed by atoms with Crippen LogP contribution >= 0.6 is 0 Å². The molecule has 0 spiro atoms. The van der Waals surface area contributed by atoms with Crippen LogP contribution in [0.2, 0.25) is 0 Å². The third kappa shape index (κ3) is 3.20. The Morgan fingerprint density at radius 2 is 2.09 bits per heavy atom. The minimum absolute atomic E-state index is 0.191. The molecular weight excluding hydrogens is 281 g/mol. The van der Waals surface area contributed by atoms with Crippen molar-refractivity contribution in [3.63, 3.8) is 0 Å². The van der Waals surface area contributed by atoms with Gasteiger partial charge < -0.3 is 9.30 Å². The number of ether oxygens (including phenoxy) is 1. The van der Waals surface area contributed by atoms with E-state index >= 15 is 0 Å². The minimum atomic E-state index is -0.191. The van der Waals surface area contributed by atoms with Crippen LogP contribution < -0.4 is 0 Å². The van der Waals surface area contributed by atoms with Gasteiger partial charge in [0.1, 0.15) is 5.82 Å². The van der Waals surface area contributed by atoms with Crippen molar-refractivity contribution < 1.29 is 9.13 Å². The number of benzene rings is 1. The summed E-state index contributed by atoms with van der Waals surface area (Å²) in [6.07, 6.45) is 1.88. The fraction of sp³-hybridized carbons (Fsp3) is 0.471. The summed E-state index contributed by atoms with van der Waals surface area (Å²) in [5, 5.41) is 0. The normalized spacial score (nSPS) is 18.4. The second-order valence-corrected chi connectivity index (χ2v) is 5.84. The van der Waals surface area contributed by atoms with E-state index in [0.717, 1.165) is 37.5 Å². The molecule has 0 saturated carbocycles. The average molecular weight is 303 g/mol. The highest BCUT2D eigenvalue weighted by Gasteiger charge is 2.29. The number of fused-ring (bicyclic) bond motifs is 1. The molecule has 22 heavy (non-hydrogen) atoms. The third-order valence-electron chi connectivity index (χ3n) is 4.14. The van der Waals surface area contributed by atoms with Crippen molar-refractivity contribution in [1.29, 1.82) is 0 Å². The third-order valence-corrected chi connectivity index (χ3v) is 4.14. The summed E-state index contributed by atoms with van der Waals surface area (Å²) in [5.74, 6) is 0.139. The quantitative estimate of drug-likeness (QED) is 0.851. The molecule has 0 radical (unpaired) electrons. The zero-order valence-electron chi connectivity index (χ0n) is 13.1. The van der Waals surface area contributed by atoms with Crippen LogP contribution in [-0.2, 0) is 24.9 Å². The number of hydrogen-bond acceptors (Lipinski definition) is 3. The Hall–Kier alpha value is -1.72. The van der Waals surface area contributed by atoms with E-state index in [1.807, 2.05) is 32.4 Å². The highest BCUT2D eigenvalue weighted by atomic mass is 19.1. The molecule has 1 atom stereocenters. The van der Waals surface area contributed by atoms with Crippen molar-refractivity contribution in [2.24, 2.45) is 7.05 Å². The molecular formula is C17H22FN3O. The lowest BCUT2D eigenvalue weighted by atomic mass is 9.98. The first kappa shape index (κ1) is 15.2. The van der Waals surface area contributed by atoms with E-state index in [-0.39, 0.29) is 5.82 Å². The Bertz CT molecular complexity index is 623. The molecule has 1 aliphatic heterocycles. The summed E-state index contributed by atoms with van der Waals surface area (Å²) in [4.78, 5) is 6.88. The fourth-order valence-corrected chi connectivity index (χ4v) is 3.17. The first-order valence-electron chi connectivity index (χ1n) is 7.72. The van der Waals surface area contributed by atoms with Crippen LogP contribution in [0, 0.1) is 5.82 Å². The number of halogens is 1. The zero-order chi connectivity index (χ0) is 15.5. The van der Waals surface area contributed by atoms with Gasteiger partial charge in [-0.25, -0.2) is 9.37 Å². The van der Waals surface area contributed by atoms with Crippen molar-refractivity contribution in [2.75, 3.05) is 19.8 Å². The molecule has 118 valence electrons. The number of rotatable bonds is 5. The van der Waals surface area contributed by atoms with Gasteiger partial charge in [0, 0.05) is 44.9 Å². The SMILES string of the molecule is CCOC[C@H]1CN(Cc2ccc(F)cc2)Cc2ncn(C)c21. The van der Waals surface area contributed by atoms with Gasteiger partial charge in [0.05, 0.1) is 18.6 Å². The summed E-state index contributed by atoms with van der Waals surface area (Å²) < 4.78 is 20.8. The van der Waals surface area contributed by atoms with Gasteiger partial charge in [-0.2, -0.15) is 0 Å². The van der Waals surface area contributed by atoms with E-state index in [1.165, 1.54) is 17.8 Å². The maximum absolute atomic E-state index is 13.0. The molecule has 1 aromatic heterocycles. The van der Waals surface area contributed by atoms with Gasteiger partial charge in [-0.05, 0) is 24.6 Å². The molecule has 0 bridgehead atoms. The van der Waals surface area contributed by atoms with Gasteiger partial charge >= 0.3 is 0 Å². The number of nitrogens with zero attached hydrogens (tertiary/aromatic N) is 3. The lowest BCUT2D eigenvalue weighted by Gasteiger charge is -2.32. The van der Waals surface area contributed by atoms with Crippen LogP contribution in [-0.4, -0.2) is 34.2 Å². The summed E-state index contributed by atoms with van der Waals surface area (Å²) >= 11 is 0. The Labute approximate surface area is 130 Å². The Kier molecular flexibility index (Phi) is 4.55. The Morgan fingerprint density at radius 1 is 1.32 bits per heavy atom. The molecule has 3 rings (SSSR count). The van der Waals surface area contributed by atoms with Crippen LogP contribution in [0.3, 0.4) is 0 Å². The molecule has 0 saturated heterocycles. The molecule has 1 aliphatic rings. The molecule has 5 heteroatoms. The highest BCUT2D eigenvalue weighted by molar-refractivity contribution is 5.23. The highest BCUT2D eigenvalue weighted by Crippen LogP contribution is 2.28. The first-order chi connectivity index (χ1) is 10.7. The van der Waals surface area contributed by atoms with E-state index in [1.54, 1.807) is 0 Å². The predicted molar refractivity (Wildman–Crippen MR) is 83.0 cm³/mol. The van der Waals surface area contributed by atoms with Gasteiger partial charge in [0.25, 0.3) is 0 Å². The summed E-state index contributed by atoms with van der Waals surface area (Å²) in [5.41, 5.74) is 3.53. The van der Waals surface area contributed by atoms with Crippen molar-refractivity contribution in [1.82, 2.24) is 14.5 Å². The van der Waals surface area contributed by atoms with Crippen molar-refractivity contribution in [2.45, 2.75) is 25.9 Å². The van der Waals surface area contributed by atoms with Gasteiger partial charge in [-0.3, -0.25) is 4.90 Å². The summed E-state index contributed by atoms with van der Waals surface area (Å²) in [7, 11) is 2.04. The van der Waals surface area contributed by atoms with Crippen molar-refractivity contribution >= 4 is 0 Å². The van der Waals surface area contributed by atoms with Crippen molar-refractivity contribution in [3.05, 3.63) is 53.4 Å². The molecule has 0 fully saturated rings. The second kappa shape index (κ2) is 6.58. The molecule has 0 aliphatic carbocycles. The van der Waals surface area contributed by atoms with Crippen LogP contribution in [0.5, 0.6) is 0 Å². The predicted octanol–water partition coefficient (Wildman–Crippen LogP) is 2.70. The van der Waals surface area contributed by atoms with Crippen LogP contribution in [0.25, 0.3) is 0 Å². The van der Waals surface area contributed by atoms with Gasteiger partial charge in [0.15, 0.2) is 0 Å². The molecule has 2 heterocycles. The molecule has 0 unspecified atom stereocenters. The van der Waals surface area contributed by atoms with Gasteiger partial charge in [-0.1, -0.05) is 12.1 Å². The molecule has 0 N–H and O–H groups in total. The molecule has 4 nitrogen and oxygen atoms in total. The minimum Gasteiger partial charge on any atom is -0.381 e. The number of hydrogen-bond donors (Lipinski definition) is 0. The van der Waals surface area contributed by atoms with Crippen LogP contribution in [0.4, 0.5) is 4.39 Å². The summed E-state index contributed by atoms with van der Waals surface area (Å²) in [6.45, 7) is 6.02. The molecule has 1 aromatic carbocycles. The van der Waals surface area contributed by atoms with E-state index in [2.05, 4.69) is 14.5 Å². The van der Waals surface area contributed by atoms with Crippen LogP contribution in [0.1, 0.15) is 29.8 Å². The Morgan fingerprint density at radius 3 is 2.82 bits per heavy atom. The molecule has 2 aromatic rings. The van der Waals surface area contributed by atoms with E-state index in [9.17, 15) is 4.39 Å². The van der Waals surface area contributed by atoms with E-state index in [4.69, 9.17) is 4.74 Å². The summed E-state index contributed by atoms with van der Waals surface area (Å²) in [6, 6.07) is 6.73. The number of imidazole rings is 1. The standard InChI is InChI=1S/C17H22FN3O/c1-3-22-11-14-9-21(8-13-4-6-15(18)7-5-13)10-16-17(14)20(2)12-19-16/h4-7,12,14H,3,8-11H2,1-2H3/t14-/m1/s1. The average Bonchev–Trinajstić information content (AvgIpc) is 2.89. The first-order valence-corrected chi connectivity index (χ1v) is 7.72. The Balaban J connectivity index is 1.76. The number of aromatic nitrogens is 2. The maximum Gasteiger partial charge on any atom is 0.123 e. The van der Waals surface area contributed by atoms with E-state index in [0.29, 0.717) is 12.5 Å². The monoisotopic (exact) mass is 303 g/mol.